The van der Waals surface area contributed by atoms with Crippen LogP contribution in [0.5, 0.6) is 23.0 Å². The molecule has 0 aromatic heterocycles. The molecule has 0 aliphatic carbocycles. The summed E-state index contributed by atoms with van der Waals surface area (Å²) in [7, 11) is 0. The van der Waals surface area contributed by atoms with Gasteiger partial charge in [-0.15, -0.1) is 0 Å². The van der Waals surface area contributed by atoms with E-state index < -0.39 is 0 Å². The van der Waals surface area contributed by atoms with Gasteiger partial charge in [-0.25, -0.2) is 0 Å². The molecule has 35 heavy (non-hydrogen) atoms. The summed E-state index contributed by atoms with van der Waals surface area (Å²) in [5.41, 5.74) is 2.28. The topological polar surface area (TPSA) is 27.7 Å². The van der Waals surface area contributed by atoms with Crippen molar-refractivity contribution < 1.29 is 14.2 Å². The minimum Gasteiger partial charge on any atom is -0.457 e. The lowest BCUT2D eigenvalue weighted by Gasteiger charge is -2.09. The highest BCUT2D eigenvalue weighted by atomic mass is 16.5. The highest BCUT2D eigenvalue weighted by Crippen LogP contribution is 2.26. The molecule has 0 fully saturated rings. The van der Waals surface area contributed by atoms with Gasteiger partial charge in [0.2, 0.25) is 0 Å². The van der Waals surface area contributed by atoms with Crippen molar-refractivity contribution in [2.24, 2.45) is 0 Å². The monoisotopic (exact) mass is 462 g/mol. The molecule has 0 amide bonds. The number of hydrogen-bond donors (Lipinski definition) is 0. The van der Waals surface area contributed by atoms with E-state index in [1.165, 1.54) is 0 Å². The molecular weight excluding hydrogens is 432 g/mol. The zero-order valence-corrected chi connectivity index (χ0v) is 19.8. The maximum Gasteiger partial charge on any atom is 0.130 e. The van der Waals surface area contributed by atoms with Crippen LogP contribution in [0.3, 0.4) is 0 Å². The Kier molecular flexibility index (Phi) is 9.34. The Bertz CT molecular complexity index is 1120. The highest BCUT2D eigenvalue weighted by Gasteiger charge is 2.03. The highest BCUT2D eigenvalue weighted by molar-refractivity contribution is 5.40. The molecule has 0 saturated heterocycles. The van der Waals surface area contributed by atoms with Crippen LogP contribution in [-0.4, -0.2) is 13.2 Å². The molecule has 176 valence electrons. The Morgan fingerprint density at radius 1 is 0.429 bits per heavy atom. The first-order valence-electron chi connectivity index (χ1n) is 11.9. The summed E-state index contributed by atoms with van der Waals surface area (Å²) in [6, 6.07) is 35.9. The maximum atomic E-state index is 6.03. The first kappa shape index (κ1) is 24.1. The molecule has 0 N–H and O–H groups in total. The van der Waals surface area contributed by atoms with E-state index in [0.717, 1.165) is 47.0 Å². The summed E-state index contributed by atoms with van der Waals surface area (Å²) >= 11 is 0. The van der Waals surface area contributed by atoms with Crippen LogP contribution < -0.4 is 9.47 Å². The van der Waals surface area contributed by atoms with Crippen molar-refractivity contribution in [1.29, 1.82) is 0 Å². The Balaban J connectivity index is 1.19. The van der Waals surface area contributed by atoms with Gasteiger partial charge in [-0.3, -0.25) is 0 Å². The summed E-state index contributed by atoms with van der Waals surface area (Å²) < 4.78 is 17.8. The fraction of sp³-hybridized carbons (Fsp3) is 0.125. The molecule has 4 rings (SSSR count). The zero-order chi connectivity index (χ0) is 24.0. The second kappa shape index (κ2) is 13.6. The maximum absolute atomic E-state index is 6.03. The van der Waals surface area contributed by atoms with E-state index >= 15 is 0 Å². The minimum absolute atomic E-state index is 0.569. The molecule has 0 atom stereocenters. The third-order valence-electron chi connectivity index (χ3n) is 5.32. The third-order valence-corrected chi connectivity index (χ3v) is 5.32. The second-order valence-corrected chi connectivity index (χ2v) is 7.93. The van der Waals surface area contributed by atoms with E-state index in [9.17, 15) is 0 Å². The largest absolute Gasteiger partial charge is 0.457 e. The fourth-order valence-electron chi connectivity index (χ4n) is 3.54. The molecule has 0 heterocycles. The smallest absolute Gasteiger partial charge is 0.130 e. The fourth-order valence-corrected chi connectivity index (χ4v) is 3.54. The van der Waals surface area contributed by atoms with Crippen LogP contribution in [0.4, 0.5) is 0 Å². The molecule has 4 aromatic rings. The number of ether oxygens (including phenoxy) is 3. The van der Waals surface area contributed by atoms with E-state index in [-0.39, 0.29) is 0 Å². The summed E-state index contributed by atoms with van der Waals surface area (Å²) in [4.78, 5) is 0. The molecule has 0 spiro atoms. The van der Waals surface area contributed by atoms with Gasteiger partial charge in [-0.1, -0.05) is 97.1 Å². The minimum atomic E-state index is 0.569. The van der Waals surface area contributed by atoms with E-state index in [4.69, 9.17) is 14.2 Å². The summed E-state index contributed by atoms with van der Waals surface area (Å²) in [6.07, 6.45) is 9.93. The second-order valence-electron chi connectivity index (χ2n) is 7.93. The van der Waals surface area contributed by atoms with Crippen molar-refractivity contribution in [2.45, 2.75) is 12.8 Å². The van der Waals surface area contributed by atoms with Gasteiger partial charge in [0.05, 0.1) is 13.2 Å². The first-order chi connectivity index (χ1) is 17.4. The van der Waals surface area contributed by atoms with E-state index in [1.807, 2.05) is 97.1 Å². The Labute approximate surface area is 207 Å². The normalized spacial score (nSPS) is 11.2. The predicted molar refractivity (Wildman–Crippen MR) is 142 cm³/mol. The Hall–Kier alpha value is -4.08. The van der Waals surface area contributed by atoms with Crippen molar-refractivity contribution in [3.8, 4) is 23.0 Å². The molecule has 0 aliphatic heterocycles. The molecule has 0 unspecified atom stereocenters. The number of rotatable bonds is 12. The van der Waals surface area contributed by atoms with Gasteiger partial charge in [0, 0.05) is 0 Å². The van der Waals surface area contributed by atoms with Gasteiger partial charge in [-0.05, 0) is 60.4 Å². The van der Waals surface area contributed by atoms with Gasteiger partial charge in [0.15, 0.2) is 0 Å². The van der Waals surface area contributed by atoms with Crippen LogP contribution in [0.2, 0.25) is 0 Å². The van der Waals surface area contributed by atoms with E-state index in [0.29, 0.717) is 13.2 Å². The quantitative estimate of drug-likeness (QED) is 0.157. The SMILES string of the molecule is C(=C\Cc1ccccc1Oc1ccccc1)/COC/C=C/Cc1ccccc1Oc1ccccc1. The summed E-state index contributed by atoms with van der Waals surface area (Å²) in [5.74, 6) is 3.44. The molecule has 0 saturated carbocycles. The van der Waals surface area contributed by atoms with Crippen molar-refractivity contribution in [3.63, 3.8) is 0 Å². The number of hydrogen-bond acceptors (Lipinski definition) is 3. The van der Waals surface area contributed by atoms with Gasteiger partial charge < -0.3 is 14.2 Å². The van der Waals surface area contributed by atoms with Crippen molar-refractivity contribution >= 4 is 0 Å². The van der Waals surface area contributed by atoms with Crippen LogP contribution in [0.15, 0.2) is 133 Å². The van der Waals surface area contributed by atoms with Crippen LogP contribution in [-0.2, 0) is 17.6 Å². The van der Waals surface area contributed by atoms with Crippen LogP contribution in [0.1, 0.15) is 11.1 Å². The summed E-state index contributed by atoms with van der Waals surface area (Å²) in [5, 5.41) is 0. The van der Waals surface area contributed by atoms with Crippen molar-refractivity contribution in [2.75, 3.05) is 13.2 Å². The number of benzene rings is 4. The van der Waals surface area contributed by atoms with Gasteiger partial charge in [-0.2, -0.15) is 0 Å². The number of para-hydroxylation sites is 4. The van der Waals surface area contributed by atoms with Crippen LogP contribution >= 0.6 is 0 Å². The molecule has 0 bridgehead atoms. The third kappa shape index (κ3) is 8.02. The van der Waals surface area contributed by atoms with Gasteiger partial charge in [0.1, 0.15) is 23.0 Å². The van der Waals surface area contributed by atoms with Crippen molar-refractivity contribution in [3.05, 3.63) is 145 Å². The average Bonchev–Trinajstić information content (AvgIpc) is 2.91. The molecule has 3 nitrogen and oxygen atoms in total. The van der Waals surface area contributed by atoms with E-state index in [2.05, 4.69) is 36.4 Å². The number of allylic oxidation sites excluding steroid dienone is 2. The van der Waals surface area contributed by atoms with Crippen molar-refractivity contribution in [1.82, 2.24) is 0 Å². The van der Waals surface area contributed by atoms with Crippen LogP contribution in [0, 0.1) is 0 Å². The van der Waals surface area contributed by atoms with Crippen LogP contribution in [0.25, 0.3) is 0 Å². The molecule has 4 aromatic carbocycles. The van der Waals surface area contributed by atoms with Gasteiger partial charge in [0.25, 0.3) is 0 Å². The van der Waals surface area contributed by atoms with Gasteiger partial charge >= 0.3 is 0 Å². The lowest BCUT2D eigenvalue weighted by molar-refractivity contribution is 0.193. The summed E-state index contributed by atoms with van der Waals surface area (Å²) in [6.45, 7) is 1.14. The molecule has 0 aliphatic rings. The molecule has 3 heteroatoms. The average molecular weight is 463 g/mol. The standard InChI is InChI=1S/C32H30O3/c1-3-19-29(20-4-1)34-31-23-9-7-15-27(31)17-11-13-25-33-26-14-12-18-28-16-8-10-24-32(28)35-30-21-5-2-6-22-30/h1-16,19-24H,17-18,25-26H2/b13-11+,14-12+. The molecule has 0 radical (unpaired) electrons. The van der Waals surface area contributed by atoms with E-state index in [1.54, 1.807) is 0 Å². The lowest BCUT2D eigenvalue weighted by Crippen LogP contribution is -1.93. The predicted octanol–water partition coefficient (Wildman–Crippen LogP) is 8.19. The Morgan fingerprint density at radius 2 is 0.829 bits per heavy atom. The molecular formula is C32H30O3. The first-order valence-corrected chi connectivity index (χ1v) is 11.9. The zero-order valence-electron chi connectivity index (χ0n) is 19.8. The lowest BCUT2D eigenvalue weighted by atomic mass is 10.1. The Morgan fingerprint density at radius 3 is 1.29 bits per heavy atom.